The number of esters is 2. The number of anilines is 1. The SMILES string of the molecule is CC(=O)OC(OC(C)=O)[C@@]12C=C[C@H](O1)[C@H]1C(=O)N(c3ccc(Cl)cc3)C(=O)[C@@H]12. The van der Waals surface area contributed by atoms with Crippen LogP contribution in [0.2, 0.25) is 5.02 Å². The second kappa shape index (κ2) is 6.42. The molecule has 2 saturated heterocycles. The van der Waals surface area contributed by atoms with Crippen molar-refractivity contribution in [3.05, 3.63) is 41.4 Å². The minimum absolute atomic E-state index is 0.375. The van der Waals surface area contributed by atoms with Crippen LogP contribution in [0.1, 0.15) is 13.8 Å². The molecule has 2 bridgehead atoms. The van der Waals surface area contributed by atoms with E-state index in [1.165, 1.54) is 6.08 Å². The molecule has 0 unspecified atom stereocenters. The first-order chi connectivity index (χ1) is 13.2. The predicted octanol–water partition coefficient (Wildman–Crippen LogP) is 1.61. The molecule has 2 amide bonds. The molecule has 4 rings (SSSR count). The molecular weight excluding hydrogens is 390 g/mol. The lowest BCUT2D eigenvalue weighted by molar-refractivity contribution is -0.226. The zero-order valence-electron chi connectivity index (χ0n) is 15.0. The van der Waals surface area contributed by atoms with Crippen LogP contribution in [0.4, 0.5) is 5.69 Å². The Bertz CT molecular complexity index is 895. The van der Waals surface area contributed by atoms with Gasteiger partial charge in [0, 0.05) is 18.9 Å². The van der Waals surface area contributed by atoms with Gasteiger partial charge in [0.05, 0.1) is 23.6 Å². The molecule has 9 heteroatoms. The summed E-state index contributed by atoms with van der Waals surface area (Å²) in [7, 11) is 0. The number of hydrogen-bond acceptors (Lipinski definition) is 7. The standard InChI is InChI=1S/C19H16ClNO7/c1-9(22)26-18(27-10(2)23)19-8-7-13(28-19)14-15(19)17(25)21(16(14)24)12-5-3-11(20)4-6-12/h3-8,13-15,18H,1-2H3/t13-,14+,15+,19-/m0/s1. The Morgan fingerprint density at radius 3 is 2.29 bits per heavy atom. The number of rotatable bonds is 4. The average Bonchev–Trinajstić information content (AvgIpc) is 3.26. The quantitative estimate of drug-likeness (QED) is 0.324. The smallest absolute Gasteiger partial charge is 0.305 e. The van der Waals surface area contributed by atoms with E-state index in [0.29, 0.717) is 10.7 Å². The van der Waals surface area contributed by atoms with Crippen LogP contribution in [0.5, 0.6) is 0 Å². The molecule has 0 spiro atoms. The van der Waals surface area contributed by atoms with Crippen molar-refractivity contribution in [1.29, 1.82) is 0 Å². The van der Waals surface area contributed by atoms with Crippen molar-refractivity contribution < 1.29 is 33.4 Å². The summed E-state index contributed by atoms with van der Waals surface area (Å²) in [5.41, 5.74) is -1.18. The van der Waals surface area contributed by atoms with E-state index in [1.54, 1.807) is 30.3 Å². The van der Waals surface area contributed by atoms with Crippen molar-refractivity contribution in [1.82, 2.24) is 0 Å². The van der Waals surface area contributed by atoms with E-state index < -0.39 is 53.6 Å². The molecule has 3 aliphatic rings. The molecule has 28 heavy (non-hydrogen) atoms. The van der Waals surface area contributed by atoms with Crippen LogP contribution in [0.25, 0.3) is 0 Å². The monoisotopic (exact) mass is 405 g/mol. The van der Waals surface area contributed by atoms with E-state index in [9.17, 15) is 19.2 Å². The number of fused-ring (bicyclic) bond motifs is 5. The Hall–Kier alpha value is -2.71. The summed E-state index contributed by atoms with van der Waals surface area (Å²) in [5.74, 6) is -4.17. The van der Waals surface area contributed by atoms with Crippen LogP contribution in [0, 0.1) is 11.8 Å². The molecule has 4 atom stereocenters. The topological polar surface area (TPSA) is 99.2 Å². The maximum atomic E-state index is 13.2. The highest BCUT2D eigenvalue weighted by molar-refractivity contribution is 6.31. The molecule has 2 fully saturated rings. The molecular formula is C19H16ClNO7. The van der Waals surface area contributed by atoms with E-state index in [4.69, 9.17) is 25.8 Å². The van der Waals surface area contributed by atoms with Crippen molar-refractivity contribution in [3.8, 4) is 0 Å². The minimum atomic E-state index is -1.55. The summed E-state index contributed by atoms with van der Waals surface area (Å²) < 4.78 is 16.2. The molecule has 0 radical (unpaired) electrons. The minimum Gasteiger partial charge on any atom is -0.422 e. The Morgan fingerprint density at radius 2 is 1.71 bits per heavy atom. The second-order valence-corrected chi connectivity index (χ2v) is 7.27. The van der Waals surface area contributed by atoms with Crippen LogP contribution in [0.3, 0.4) is 0 Å². The third kappa shape index (κ3) is 2.63. The molecule has 146 valence electrons. The van der Waals surface area contributed by atoms with E-state index in [1.807, 2.05) is 0 Å². The first-order valence-corrected chi connectivity index (χ1v) is 8.97. The van der Waals surface area contributed by atoms with Gasteiger partial charge in [-0.25, -0.2) is 4.90 Å². The highest BCUT2D eigenvalue weighted by atomic mass is 35.5. The molecule has 8 nitrogen and oxygen atoms in total. The zero-order valence-corrected chi connectivity index (χ0v) is 15.7. The lowest BCUT2D eigenvalue weighted by Gasteiger charge is -2.34. The maximum absolute atomic E-state index is 13.2. The Balaban J connectivity index is 1.74. The predicted molar refractivity (Wildman–Crippen MR) is 95.0 cm³/mol. The van der Waals surface area contributed by atoms with Crippen molar-refractivity contribution in [2.75, 3.05) is 4.90 Å². The third-order valence-corrected chi connectivity index (χ3v) is 5.33. The summed E-state index contributed by atoms with van der Waals surface area (Å²) >= 11 is 5.89. The first kappa shape index (κ1) is 18.6. The van der Waals surface area contributed by atoms with Gasteiger partial charge in [-0.2, -0.15) is 0 Å². The van der Waals surface area contributed by atoms with Crippen molar-refractivity contribution >= 4 is 41.0 Å². The van der Waals surface area contributed by atoms with E-state index in [2.05, 4.69) is 0 Å². The van der Waals surface area contributed by atoms with Crippen molar-refractivity contribution in [3.63, 3.8) is 0 Å². The van der Waals surface area contributed by atoms with Crippen LogP contribution in [0.15, 0.2) is 36.4 Å². The maximum Gasteiger partial charge on any atom is 0.305 e. The molecule has 0 aromatic heterocycles. The summed E-state index contributed by atoms with van der Waals surface area (Å²) in [4.78, 5) is 50.4. The number of benzene rings is 1. The van der Waals surface area contributed by atoms with Crippen LogP contribution in [-0.2, 0) is 33.4 Å². The number of ether oxygens (including phenoxy) is 3. The highest BCUT2D eigenvalue weighted by Crippen LogP contribution is 2.54. The molecule has 1 aromatic carbocycles. The Labute approximate surface area is 165 Å². The first-order valence-electron chi connectivity index (χ1n) is 8.59. The lowest BCUT2D eigenvalue weighted by atomic mass is 9.76. The number of nitrogens with zero attached hydrogens (tertiary/aromatic N) is 1. The van der Waals surface area contributed by atoms with Gasteiger partial charge in [-0.05, 0) is 30.3 Å². The molecule has 0 N–H and O–H groups in total. The number of carbonyl (C=O) groups excluding carboxylic acids is 4. The second-order valence-electron chi connectivity index (χ2n) is 6.84. The van der Waals surface area contributed by atoms with Crippen LogP contribution in [-0.4, -0.2) is 41.7 Å². The van der Waals surface area contributed by atoms with Gasteiger partial charge < -0.3 is 14.2 Å². The fraction of sp³-hybridized carbons (Fsp3) is 0.368. The molecule has 0 saturated carbocycles. The number of imide groups is 1. The molecule has 0 aliphatic carbocycles. The molecule has 3 aliphatic heterocycles. The van der Waals surface area contributed by atoms with Gasteiger partial charge in [0.15, 0.2) is 5.60 Å². The highest BCUT2D eigenvalue weighted by Gasteiger charge is 2.72. The lowest BCUT2D eigenvalue weighted by Crippen LogP contribution is -2.52. The number of hydrogen-bond donors (Lipinski definition) is 0. The Kier molecular flexibility index (Phi) is 4.28. The normalized spacial score (nSPS) is 30.1. The number of halogens is 1. The summed E-state index contributed by atoms with van der Waals surface area (Å²) in [5, 5.41) is 0.467. The van der Waals surface area contributed by atoms with Gasteiger partial charge in [0.1, 0.15) is 0 Å². The zero-order chi connectivity index (χ0) is 20.2. The van der Waals surface area contributed by atoms with Gasteiger partial charge >= 0.3 is 11.9 Å². The van der Waals surface area contributed by atoms with Crippen molar-refractivity contribution in [2.45, 2.75) is 31.8 Å². The summed E-state index contributed by atoms with van der Waals surface area (Å²) in [6.07, 6.45) is 0.983. The number of carbonyl (C=O) groups is 4. The van der Waals surface area contributed by atoms with E-state index in [-0.39, 0.29) is 0 Å². The van der Waals surface area contributed by atoms with Gasteiger partial charge in [-0.3, -0.25) is 19.2 Å². The van der Waals surface area contributed by atoms with E-state index in [0.717, 1.165) is 18.7 Å². The summed E-state index contributed by atoms with van der Waals surface area (Å²) in [6, 6.07) is 6.28. The van der Waals surface area contributed by atoms with Crippen LogP contribution >= 0.6 is 11.6 Å². The van der Waals surface area contributed by atoms with Gasteiger partial charge in [0.2, 0.25) is 11.8 Å². The average molecular weight is 406 g/mol. The third-order valence-electron chi connectivity index (χ3n) is 5.08. The van der Waals surface area contributed by atoms with Crippen molar-refractivity contribution in [2.24, 2.45) is 11.8 Å². The van der Waals surface area contributed by atoms with Gasteiger partial charge in [-0.15, -0.1) is 0 Å². The Morgan fingerprint density at radius 1 is 1.11 bits per heavy atom. The van der Waals surface area contributed by atoms with E-state index >= 15 is 0 Å². The largest absolute Gasteiger partial charge is 0.422 e. The fourth-order valence-corrected chi connectivity index (χ4v) is 4.19. The molecule has 1 aromatic rings. The molecule has 3 heterocycles. The van der Waals surface area contributed by atoms with Gasteiger partial charge in [-0.1, -0.05) is 17.7 Å². The van der Waals surface area contributed by atoms with Crippen LogP contribution < -0.4 is 4.90 Å². The number of amides is 2. The summed E-state index contributed by atoms with van der Waals surface area (Å²) in [6.45, 7) is 2.30. The fourth-order valence-electron chi connectivity index (χ4n) is 4.06. The van der Waals surface area contributed by atoms with Gasteiger partial charge in [0.25, 0.3) is 6.29 Å².